The number of ether oxygens (including phenoxy) is 2. The van der Waals surface area contributed by atoms with Gasteiger partial charge in [0.05, 0.1) is 7.11 Å². The Morgan fingerprint density at radius 2 is 2.00 bits per heavy atom. The van der Waals surface area contributed by atoms with Crippen molar-refractivity contribution in [3.05, 3.63) is 53.1 Å². The summed E-state index contributed by atoms with van der Waals surface area (Å²) in [6.45, 7) is 0.0164. The number of urea groups is 1. The largest absolute Gasteiger partial charge is 0.493 e. The third-order valence-corrected chi connectivity index (χ3v) is 3.46. The van der Waals surface area contributed by atoms with E-state index in [0.717, 1.165) is 0 Å². The van der Waals surface area contributed by atoms with Crippen LogP contribution in [0.5, 0.6) is 11.5 Å². The first-order chi connectivity index (χ1) is 12.5. The molecule has 0 unspecified atom stereocenters. The Morgan fingerprint density at radius 1 is 1.19 bits per heavy atom. The first-order valence-electron chi connectivity index (χ1n) is 7.43. The average Bonchev–Trinajstić information content (AvgIpc) is 3.20. The number of carbonyl (C=O) groups is 3. The maximum atomic E-state index is 11.5. The highest BCUT2D eigenvalue weighted by Gasteiger charge is 2.22. The maximum absolute atomic E-state index is 11.5. The van der Waals surface area contributed by atoms with Crippen molar-refractivity contribution in [1.29, 1.82) is 0 Å². The van der Waals surface area contributed by atoms with Crippen LogP contribution in [0.2, 0.25) is 0 Å². The van der Waals surface area contributed by atoms with Gasteiger partial charge in [-0.1, -0.05) is 6.07 Å². The number of furan rings is 1. The average molecular weight is 358 g/mol. The molecule has 0 saturated carbocycles. The summed E-state index contributed by atoms with van der Waals surface area (Å²) < 4.78 is 16.0. The molecule has 0 radical (unpaired) electrons. The summed E-state index contributed by atoms with van der Waals surface area (Å²) in [5.41, 5.74) is 0.746. The summed E-state index contributed by atoms with van der Waals surface area (Å²) in [6, 6.07) is 7.21. The zero-order valence-corrected chi connectivity index (χ0v) is 13.6. The fourth-order valence-corrected chi connectivity index (χ4v) is 2.26. The van der Waals surface area contributed by atoms with Gasteiger partial charge in [0.25, 0.3) is 5.91 Å². The molecule has 0 atom stereocenters. The van der Waals surface area contributed by atoms with Gasteiger partial charge in [-0.25, -0.2) is 9.59 Å². The number of amides is 3. The summed E-state index contributed by atoms with van der Waals surface area (Å²) in [6.07, 6.45) is 1.50. The Labute approximate surface area is 147 Å². The van der Waals surface area contributed by atoms with Crippen LogP contribution < -0.4 is 20.1 Å². The monoisotopic (exact) mass is 358 g/mol. The first-order valence-corrected chi connectivity index (χ1v) is 7.43. The molecule has 0 bridgehead atoms. The van der Waals surface area contributed by atoms with Gasteiger partial charge < -0.3 is 24.3 Å². The number of aromatic carboxylic acids is 1. The Bertz CT molecular complexity index is 914. The van der Waals surface area contributed by atoms with Gasteiger partial charge in [-0.15, -0.1) is 0 Å². The van der Waals surface area contributed by atoms with Crippen LogP contribution in [-0.4, -0.2) is 30.1 Å². The molecule has 2 aromatic rings. The molecule has 1 saturated heterocycles. The van der Waals surface area contributed by atoms with Crippen LogP contribution in [0, 0.1) is 0 Å². The topological polar surface area (TPSA) is 127 Å². The van der Waals surface area contributed by atoms with Crippen LogP contribution in [0.15, 0.2) is 40.4 Å². The summed E-state index contributed by atoms with van der Waals surface area (Å²) in [5.74, 6) is -0.692. The lowest BCUT2D eigenvalue weighted by molar-refractivity contribution is -0.115. The molecule has 3 amide bonds. The molecular weight excluding hydrogens is 344 g/mol. The number of hydrogen-bond donors (Lipinski definition) is 3. The van der Waals surface area contributed by atoms with E-state index in [2.05, 4.69) is 10.6 Å². The highest BCUT2D eigenvalue weighted by molar-refractivity contribution is 6.14. The highest BCUT2D eigenvalue weighted by Crippen LogP contribution is 2.30. The number of hydrogen-bond acceptors (Lipinski definition) is 6. The third kappa shape index (κ3) is 3.66. The molecule has 134 valence electrons. The molecule has 3 rings (SSSR count). The lowest BCUT2D eigenvalue weighted by Gasteiger charge is -2.10. The Hall–Kier alpha value is -3.75. The molecule has 0 spiro atoms. The van der Waals surface area contributed by atoms with Crippen LogP contribution in [0.4, 0.5) is 4.79 Å². The van der Waals surface area contributed by atoms with Crippen LogP contribution in [0.3, 0.4) is 0 Å². The molecule has 26 heavy (non-hydrogen) atoms. The van der Waals surface area contributed by atoms with Gasteiger partial charge in [0.15, 0.2) is 11.5 Å². The van der Waals surface area contributed by atoms with Crippen molar-refractivity contribution in [3.8, 4) is 11.5 Å². The number of rotatable bonds is 6. The maximum Gasteiger partial charge on any atom is 0.371 e. The van der Waals surface area contributed by atoms with Crippen LogP contribution in [-0.2, 0) is 11.4 Å². The lowest BCUT2D eigenvalue weighted by Crippen LogP contribution is -2.22. The Morgan fingerprint density at radius 3 is 2.62 bits per heavy atom. The SMILES string of the molecule is COc1cc(C=C2NC(=O)NC2=O)ccc1OCc1ccc(C(=O)O)o1. The van der Waals surface area contributed by atoms with E-state index in [1.54, 1.807) is 18.2 Å². The van der Waals surface area contributed by atoms with Crippen molar-refractivity contribution in [2.45, 2.75) is 6.61 Å². The number of carbonyl (C=O) groups excluding carboxylic acids is 2. The number of nitrogens with one attached hydrogen (secondary N) is 2. The minimum atomic E-state index is -1.16. The van der Waals surface area contributed by atoms with E-state index in [0.29, 0.717) is 22.8 Å². The summed E-state index contributed by atoms with van der Waals surface area (Å²) >= 11 is 0. The molecule has 1 fully saturated rings. The molecule has 0 aliphatic carbocycles. The van der Waals surface area contributed by atoms with Crippen molar-refractivity contribution in [2.24, 2.45) is 0 Å². The number of imide groups is 1. The molecule has 3 N–H and O–H groups in total. The minimum absolute atomic E-state index is 0.0164. The van der Waals surface area contributed by atoms with Gasteiger partial charge in [-0.05, 0) is 35.9 Å². The van der Waals surface area contributed by atoms with Gasteiger partial charge in [0, 0.05) is 0 Å². The molecule has 1 aromatic heterocycles. The Kier molecular flexibility index (Phi) is 4.61. The molecule has 9 nitrogen and oxygen atoms in total. The van der Waals surface area contributed by atoms with E-state index in [4.69, 9.17) is 19.0 Å². The normalized spacial score (nSPS) is 14.9. The van der Waals surface area contributed by atoms with Gasteiger partial charge in [-0.2, -0.15) is 0 Å². The quantitative estimate of drug-likeness (QED) is 0.530. The van der Waals surface area contributed by atoms with Crippen molar-refractivity contribution in [3.63, 3.8) is 0 Å². The zero-order chi connectivity index (χ0) is 18.7. The number of methoxy groups -OCH3 is 1. The van der Waals surface area contributed by atoms with Crippen molar-refractivity contribution in [1.82, 2.24) is 10.6 Å². The van der Waals surface area contributed by atoms with Crippen LogP contribution in [0.1, 0.15) is 21.9 Å². The van der Waals surface area contributed by atoms with Gasteiger partial charge >= 0.3 is 12.0 Å². The highest BCUT2D eigenvalue weighted by atomic mass is 16.5. The minimum Gasteiger partial charge on any atom is -0.493 e. The van der Waals surface area contributed by atoms with Gasteiger partial charge in [0.2, 0.25) is 5.76 Å². The molecule has 2 heterocycles. The molecular formula is C17H14N2O7. The van der Waals surface area contributed by atoms with Crippen molar-refractivity contribution >= 4 is 24.0 Å². The van der Waals surface area contributed by atoms with E-state index in [1.165, 1.54) is 25.3 Å². The first kappa shape index (κ1) is 17.1. The predicted octanol–water partition coefficient (Wildman–Crippen LogP) is 1.75. The van der Waals surface area contributed by atoms with E-state index in [1.807, 2.05) is 0 Å². The fourth-order valence-electron chi connectivity index (χ4n) is 2.26. The second-order valence-corrected chi connectivity index (χ2v) is 5.24. The number of carboxylic acid groups (broad SMARTS) is 1. The molecule has 9 heteroatoms. The van der Waals surface area contributed by atoms with E-state index < -0.39 is 17.9 Å². The smallest absolute Gasteiger partial charge is 0.371 e. The molecule has 1 aliphatic rings. The number of benzene rings is 1. The van der Waals surface area contributed by atoms with E-state index in [-0.39, 0.29) is 18.1 Å². The third-order valence-electron chi connectivity index (χ3n) is 3.46. The van der Waals surface area contributed by atoms with Crippen LogP contribution in [0.25, 0.3) is 6.08 Å². The van der Waals surface area contributed by atoms with Crippen molar-refractivity contribution < 1.29 is 33.4 Å². The molecule has 1 aromatic carbocycles. The molecule has 1 aliphatic heterocycles. The second-order valence-electron chi connectivity index (χ2n) is 5.24. The van der Waals surface area contributed by atoms with Crippen LogP contribution >= 0.6 is 0 Å². The fraction of sp³-hybridized carbons (Fsp3) is 0.118. The predicted molar refractivity (Wildman–Crippen MR) is 87.6 cm³/mol. The second kappa shape index (κ2) is 7.01. The van der Waals surface area contributed by atoms with E-state index in [9.17, 15) is 14.4 Å². The van der Waals surface area contributed by atoms with Gasteiger partial charge in [-0.3, -0.25) is 10.1 Å². The van der Waals surface area contributed by atoms with Crippen molar-refractivity contribution in [2.75, 3.05) is 7.11 Å². The summed E-state index contributed by atoms with van der Waals surface area (Å²) in [7, 11) is 1.46. The zero-order valence-electron chi connectivity index (χ0n) is 13.6. The van der Waals surface area contributed by atoms with E-state index >= 15 is 0 Å². The lowest BCUT2D eigenvalue weighted by atomic mass is 10.1. The standard InChI is InChI=1S/C17H14N2O7/c1-24-14-7-9(6-11-15(20)19-17(23)18-11)2-4-12(14)25-8-10-3-5-13(26-10)16(21)22/h2-7H,8H2,1H3,(H,21,22)(H2,18,19,20,23). The Balaban J connectivity index is 1.74. The summed E-state index contributed by atoms with van der Waals surface area (Å²) in [4.78, 5) is 33.5. The number of carboxylic acids is 1. The summed E-state index contributed by atoms with van der Waals surface area (Å²) in [5, 5.41) is 13.3. The van der Waals surface area contributed by atoms with Gasteiger partial charge in [0.1, 0.15) is 18.1 Å².